The van der Waals surface area contributed by atoms with Crippen LogP contribution in [-0.2, 0) is 16.0 Å². The lowest BCUT2D eigenvalue weighted by molar-refractivity contribution is -0.107. The molecule has 0 bridgehead atoms. The molecule has 2 heterocycles. The summed E-state index contributed by atoms with van der Waals surface area (Å²) in [6, 6.07) is 11.3. The van der Waals surface area contributed by atoms with Gasteiger partial charge in [0.15, 0.2) is 0 Å². The summed E-state index contributed by atoms with van der Waals surface area (Å²) in [7, 11) is 3.89. The fraction of sp³-hybridized carbons (Fsp3) is 0.258. The van der Waals surface area contributed by atoms with Gasteiger partial charge in [-0.2, -0.15) is 0 Å². The molecule has 3 aromatic rings. The number of carbonyl (C=O) groups excluding carboxylic acids is 2. The minimum Gasteiger partial charge on any atom is -0.388 e. The standard InChI is InChI=1S/C31H35Cl2N7O2/c1-19-13-29(31-37-17-26(38-31)22-6-8-25(36-2)21(14-22)5-4-11-41)39(3)28(19)15-20(10-12-42)24-16-23(32)7-9-27(24)40(35)18-30(33)34/h6-12,14-19,29,36H,4-5,13,34-35H2,1-3H3,(H,37,38)/b20-10+,28-15-,30-18-/t19-,29?/m1/s1. The Morgan fingerprint density at radius 2 is 2.05 bits per heavy atom. The van der Waals surface area contributed by atoms with Crippen molar-refractivity contribution in [3.63, 3.8) is 0 Å². The minimum absolute atomic E-state index is 0.00702. The number of halogens is 2. The number of carbonyl (C=O) groups is 2. The lowest BCUT2D eigenvalue weighted by Crippen LogP contribution is -2.26. The van der Waals surface area contributed by atoms with E-state index in [9.17, 15) is 9.59 Å². The molecular formula is C31H35Cl2N7O2. The number of hydrogen-bond acceptors (Lipinski definition) is 8. The Labute approximate surface area is 255 Å². The second-order valence-electron chi connectivity index (χ2n) is 10.2. The van der Waals surface area contributed by atoms with Gasteiger partial charge in [0, 0.05) is 42.5 Å². The van der Waals surface area contributed by atoms with Crippen LogP contribution in [0, 0.1) is 5.92 Å². The quantitative estimate of drug-likeness (QED) is 0.0710. The molecule has 1 unspecified atom stereocenters. The van der Waals surface area contributed by atoms with Crippen LogP contribution in [0.4, 0.5) is 11.4 Å². The van der Waals surface area contributed by atoms with Crippen molar-refractivity contribution in [3.05, 3.63) is 93.8 Å². The smallest absolute Gasteiger partial charge is 0.143 e. The largest absolute Gasteiger partial charge is 0.388 e. The third-order valence-electron chi connectivity index (χ3n) is 7.45. The molecule has 220 valence electrons. The van der Waals surface area contributed by atoms with Crippen molar-refractivity contribution < 1.29 is 9.59 Å². The van der Waals surface area contributed by atoms with E-state index in [-0.39, 0.29) is 17.1 Å². The van der Waals surface area contributed by atoms with Crippen molar-refractivity contribution in [2.75, 3.05) is 24.4 Å². The lowest BCUT2D eigenvalue weighted by atomic mass is 9.98. The van der Waals surface area contributed by atoms with E-state index in [1.54, 1.807) is 18.2 Å². The Kier molecular flexibility index (Phi) is 10.1. The van der Waals surface area contributed by atoms with Crippen LogP contribution in [-0.4, -0.2) is 41.5 Å². The van der Waals surface area contributed by atoms with E-state index in [1.165, 1.54) is 17.3 Å². The van der Waals surface area contributed by atoms with Crippen molar-refractivity contribution in [2.45, 2.75) is 32.2 Å². The summed E-state index contributed by atoms with van der Waals surface area (Å²) >= 11 is 12.2. The SMILES string of the molecule is CNc1ccc(-c2cnc(C3C[C@@H](C)/C(=C/C(=C\C=O)c4cc(Cl)ccc4N(N)/C=C(\N)Cl)N3C)[nH]2)cc1CCC=O. The van der Waals surface area contributed by atoms with Crippen LogP contribution in [0.1, 0.15) is 42.8 Å². The van der Waals surface area contributed by atoms with Crippen LogP contribution < -0.4 is 21.9 Å². The maximum Gasteiger partial charge on any atom is 0.143 e. The molecule has 0 saturated carbocycles. The number of aryl methyl sites for hydroxylation is 1. The number of aldehydes is 2. The monoisotopic (exact) mass is 607 g/mol. The molecule has 6 N–H and O–H groups in total. The first-order chi connectivity index (χ1) is 20.2. The molecule has 1 saturated heterocycles. The average Bonchev–Trinajstić information content (AvgIpc) is 3.55. The number of nitrogens with two attached hydrogens (primary N) is 2. The number of imidazole rings is 1. The zero-order valence-electron chi connectivity index (χ0n) is 23.8. The van der Waals surface area contributed by atoms with Crippen LogP contribution in [0.2, 0.25) is 5.02 Å². The topological polar surface area (TPSA) is 133 Å². The Morgan fingerprint density at radius 3 is 2.74 bits per heavy atom. The molecule has 9 nitrogen and oxygen atoms in total. The second kappa shape index (κ2) is 13.7. The molecule has 42 heavy (non-hydrogen) atoms. The minimum atomic E-state index is -0.00702. The molecule has 11 heteroatoms. The van der Waals surface area contributed by atoms with Crippen molar-refractivity contribution >= 4 is 52.7 Å². The number of allylic oxidation sites excluding steroid dienone is 4. The van der Waals surface area contributed by atoms with Crippen molar-refractivity contribution in [3.8, 4) is 11.3 Å². The maximum absolute atomic E-state index is 11.7. The van der Waals surface area contributed by atoms with E-state index in [2.05, 4.69) is 28.2 Å². The van der Waals surface area contributed by atoms with Gasteiger partial charge < -0.3 is 25.7 Å². The number of H-pyrrole nitrogens is 1. The third-order valence-corrected chi connectivity index (χ3v) is 7.78. The van der Waals surface area contributed by atoms with Gasteiger partial charge >= 0.3 is 0 Å². The van der Waals surface area contributed by atoms with Crippen LogP contribution in [0.25, 0.3) is 16.8 Å². The molecule has 4 rings (SSSR count). The number of nitrogens with zero attached hydrogens (tertiary/aromatic N) is 3. The van der Waals surface area contributed by atoms with Gasteiger partial charge in [0.25, 0.3) is 0 Å². The van der Waals surface area contributed by atoms with E-state index < -0.39 is 0 Å². The van der Waals surface area contributed by atoms with Gasteiger partial charge in [-0.1, -0.05) is 36.2 Å². The normalized spacial score (nSPS) is 18.4. The molecule has 2 atom stereocenters. The van der Waals surface area contributed by atoms with Crippen LogP contribution in [0.5, 0.6) is 0 Å². The van der Waals surface area contributed by atoms with Gasteiger partial charge in [0.1, 0.15) is 23.6 Å². The number of nitrogens with one attached hydrogen (secondary N) is 2. The second-order valence-corrected chi connectivity index (χ2v) is 11.1. The molecule has 0 amide bonds. The number of rotatable bonds is 11. The highest BCUT2D eigenvalue weighted by molar-refractivity contribution is 6.31. The fourth-order valence-electron chi connectivity index (χ4n) is 5.37. The molecule has 0 spiro atoms. The van der Waals surface area contributed by atoms with Gasteiger partial charge in [-0.25, -0.2) is 10.8 Å². The van der Waals surface area contributed by atoms with Crippen molar-refractivity contribution in [2.24, 2.45) is 17.5 Å². The van der Waals surface area contributed by atoms with E-state index in [1.807, 2.05) is 38.5 Å². The predicted molar refractivity (Wildman–Crippen MR) is 171 cm³/mol. The zero-order chi connectivity index (χ0) is 30.4. The highest BCUT2D eigenvalue weighted by Gasteiger charge is 2.34. The molecule has 1 aromatic heterocycles. The highest BCUT2D eigenvalue weighted by Crippen LogP contribution is 2.42. The Bertz CT molecular complexity index is 1540. The number of likely N-dealkylation sites (tertiary alicyclic amines) is 1. The van der Waals surface area contributed by atoms with Crippen molar-refractivity contribution in [1.82, 2.24) is 14.9 Å². The molecular weight excluding hydrogens is 573 g/mol. The van der Waals surface area contributed by atoms with Gasteiger partial charge in [0.05, 0.1) is 29.8 Å². The van der Waals surface area contributed by atoms with E-state index >= 15 is 0 Å². The first kappa shape index (κ1) is 30.9. The Hall–Kier alpha value is -4.05. The van der Waals surface area contributed by atoms with E-state index in [4.69, 9.17) is 39.8 Å². The zero-order valence-corrected chi connectivity index (χ0v) is 25.3. The first-order valence-corrected chi connectivity index (χ1v) is 14.3. The number of hydrogen-bond donors (Lipinski definition) is 4. The molecule has 0 aliphatic carbocycles. The van der Waals surface area contributed by atoms with Crippen LogP contribution in [0.3, 0.4) is 0 Å². The molecule has 1 fully saturated rings. The maximum atomic E-state index is 11.7. The average molecular weight is 609 g/mol. The van der Waals surface area contributed by atoms with Gasteiger partial charge in [0.2, 0.25) is 0 Å². The molecule has 1 aliphatic heterocycles. The van der Waals surface area contributed by atoms with Crippen molar-refractivity contribution in [1.29, 1.82) is 0 Å². The van der Waals surface area contributed by atoms with Crippen LogP contribution >= 0.6 is 23.2 Å². The van der Waals surface area contributed by atoms with E-state index in [0.29, 0.717) is 34.7 Å². The van der Waals surface area contributed by atoms with Gasteiger partial charge in [-0.3, -0.25) is 9.80 Å². The summed E-state index contributed by atoms with van der Waals surface area (Å²) in [5, 5.41) is 5.00. The summed E-state index contributed by atoms with van der Waals surface area (Å²) in [6.45, 7) is 2.14. The number of anilines is 2. The lowest BCUT2D eigenvalue weighted by Gasteiger charge is -2.23. The Balaban J connectivity index is 1.66. The molecule has 2 aromatic carbocycles. The van der Waals surface area contributed by atoms with Gasteiger partial charge in [-0.05, 0) is 77.9 Å². The number of hydrazine groups is 1. The Morgan fingerprint density at radius 1 is 1.26 bits per heavy atom. The first-order valence-electron chi connectivity index (χ1n) is 13.5. The summed E-state index contributed by atoms with van der Waals surface area (Å²) < 4.78 is 0. The van der Waals surface area contributed by atoms with Gasteiger partial charge in [-0.15, -0.1) is 0 Å². The number of aromatic nitrogens is 2. The highest BCUT2D eigenvalue weighted by atomic mass is 35.5. The summed E-state index contributed by atoms with van der Waals surface area (Å²) in [5.74, 6) is 7.23. The fourth-order valence-corrected chi connectivity index (χ4v) is 5.65. The summed E-state index contributed by atoms with van der Waals surface area (Å²) in [6.07, 6.45) is 10.3. The van der Waals surface area contributed by atoms with Crippen LogP contribution in [0.15, 0.2) is 71.8 Å². The van der Waals surface area contributed by atoms with E-state index in [0.717, 1.165) is 53.0 Å². The summed E-state index contributed by atoms with van der Waals surface area (Å²) in [5.41, 5.74) is 12.5. The summed E-state index contributed by atoms with van der Waals surface area (Å²) in [4.78, 5) is 33.1. The third kappa shape index (κ3) is 6.87. The number of benzene rings is 2. The number of aromatic amines is 1. The predicted octanol–water partition coefficient (Wildman–Crippen LogP) is 5.76. The molecule has 0 radical (unpaired) electrons. The molecule has 1 aliphatic rings.